The van der Waals surface area contributed by atoms with Gasteiger partial charge in [-0.2, -0.15) is 13.4 Å². The SMILES string of the molecule is COc1ccc(-c2noc([C@H](CCCCNS(N)(=O)=O)NC(=O)OCc3ccccc3)n2)c2ccccc12. The van der Waals surface area contributed by atoms with Gasteiger partial charge in [-0.05, 0) is 42.3 Å². The minimum absolute atomic E-state index is 0.102. The summed E-state index contributed by atoms with van der Waals surface area (Å²) in [5, 5.41) is 13.7. The molecule has 0 aliphatic rings. The number of nitrogens with two attached hydrogens (primary N) is 1. The maximum absolute atomic E-state index is 12.6. The minimum atomic E-state index is -3.77. The fourth-order valence-electron chi connectivity index (χ4n) is 3.98. The van der Waals surface area contributed by atoms with Crippen molar-refractivity contribution >= 4 is 27.1 Å². The Morgan fingerprint density at radius 2 is 1.76 bits per heavy atom. The number of methoxy groups -OCH3 is 1. The first-order chi connectivity index (χ1) is 18.3. The number of fused-ring (bicyclic) bond motifs is 1. The number of hydrogen-bond donors (Lipinski definition) is 3. The van der Waals surface area contributed by atoms with Crippen molar-refractivity contribution < 1.29 is 27.2 Å². The largest absolute Gasteiger partial charge is 0.496 e. The second-order valence-corrected chi connectivity index (χ2v) is 9.89. The van der Waals surface area contributed by atoms with Gasteiger partial charge in [-0.3, -0.25) is 0 Å². The van der Waals surface area contributed by atoms with Gasteiger partial charge in [-0.1, -0.05) is 59.8 Å². The lowest BCUT2D eigenvalue weighted by Crippen LogP contribution is -2.32. The maximum atomic E-state index is 12.6. The van der Waals surface area contributed by atoms with E-state index in [-0.39, 0.29) is 19.0 Å². The molecule has 38 heavy (non-hydrogen) atoms. The summed E-state index contributed by atoms with van der Waals surface area (Å²) in [6.45, 7) is 0.265. The molecule has 4 rings (SSSR count). The molecule has 11 nitrogen and oxygen atoms in total. The van der Waals surface area contributed by atoms with Gasteiger partial charge in [0.1, 0.15) is 18.4 Å². The third kappa shape index (κ3) is 7.28. The standard InChI is InChI=1S/C26H29N5O6S/c1-35-23-15-14-21(19-11-5-6-12-20(19)23)24-30-25(37-31-24)22(13-7-8-16-28-38(27,33)34)29-26(32)36-17-18-9-3-2-4-10-18/h2-6,9-12,14-15,22,28H,7-8,13,16-17H2,1H3,(H,29,32)(H2,27,33,34)/t22-/m0/s1. The number of nitrogens with one attached hydrogen (secondary N) is 2. The molecule has 1 heterocycles. The summed E-state index contributed by atoms with van der Waals surface area (Å²) >= 11 is 0. The van der Waals surface area contributed by atoms with Gasteiger partial charge in [0.25, 0.3) is 10.2 Å². The van der Waals surface area contributed by atoms with Crippen LogP contribution >= 0.6 is 0 Å². The van der Waals surface area contributed by atoms with Crippen LogP contribution in [0, 0.1) is 0 Å². The highest BCUT2D eigenvalue weighted by molar-refractivity contribution is 7.87. The zero-order chi connectivity index (χ0) is 27.0. The molecule has 0 saturated carbocycles. The Balaban J connectivity index is 1.51. The maximum Gasteiger partial charge on any atom is 0.408 e. The number of amides is 1. The number of unbranched alkanes of at least 4 members (excludes halogenated alkanes) is 1. The van der Waals surface area contributed by atoms with Crippen LogP contribution in [0.1, 0.15) is 36.8 Å². The molecule has 3 aromatic carbocycles. The number of benzene rings is 3. The van der Waals surface area contributed by atoms with Crippen LogP contribution in [0.15, 0.2) is 71.3 Å². The van der Waals surface area contributed by atoms with E-state index in [9.17, 15) is 13.2 Å². The van der Waals surface area contributed by atoms with E-state index in [1.54, 1.807) is 7.11 Å². The van der Waals surface area contributed by atoms with E-state index in [1.807, 2.05) is 66.7 Å². The number of rotatable bonds is 12. The molecule has 200 valence electrons. The van der Waals surface area contributed by atoms with Crippen molar-refractivity contribution in [2.75, 3.05) is 13.7 Å². The Morgan fingerprint density at radius 3 is 2.50 bits per heavy atom. The van der Waals surface area contributed by atoms with Crippen molar-refractivity contribution in [3.63, 3.8) is 0 Å². The number of aromatic nitrogens is 2. The van der Waals surface area contributed by atoms with Crippen LogP contribution in [0.4, 0.5) is 4.79 Å². The summed E-state index contributed by atoms with van der Waals surface area (Å²) in [7, 11) is -2.16. The van der Waals surface area contributed by atoms with Crippen molar-refractivity contribution in [3.05, 3.63) is 78.2 Å². The highest BCUT2D eigenvalue weighted by atomic mass is 32.2. The lowest BCUT2D eigenvalue weighted by Gasteiger charge is -2.15. The summed E-state index contributed by atoms with van der Waals surface area (Å²) < 4.78 is 40.9. The summed E-state index contributed by atoms with van der Waals surface area (Å²) in [5.41, 5.74) is 1.60. The van der Waals surface area contributed by atoms with Gasteiger partial charge in [0.15, 0.2) is 0 Å². The molecule has 4 N–H and O–H groups in total. The highest BCUT2D eigenvalue weighted by Gasteiger charge is 2.23. The van der Waals surface area contributed by atoms with Crippen LogP contribution in [0.25, 0.3) is 22.2 Å². The molecule has 1 amide bonds. The van der Waals surface area contributed by atoms with Gasteiger partial charge in [0.05, 0.1) is 7.11 Å². The molecule has 0 aliphatic carbocycles. The van der Waals surface area contributed by atoms with Crippen molar-refractivity contribution in [2.45, 2.75) is 31.9 Å². The molecular weight excluding hydrogens is 510 g/mol. The fourth-order valence-corrected chi connectivity index (χ4v) is 4.41. The number of nitrogens with zero attached hydrogens (tertiary/aromatic N) is 2. The lowest BCUT2D eigenvalue weighted by molar-refractivity contribution is 0.132. The molecule has 1 atom stereocenters. The summed E-state index contributed by atoms with van der Waals surface area (Å²) in [6, 6.07) is 20.1. The van der Waals surface area contributed by atoms with E-state index in [2.05, 4.69) is 20.2 Å². The molecule has 4 aromatic rings. The normalized spacial score (nSPS) is 12.3. The molecule has 0 radical (unpaired) electrons. The lowest BCUT2D eigenvalue weighted by atomic mass is 10.0. The Labute approximate surface area is 220 Å². The van der Waals surface area contributed by atoms with E-state index in [1.165, 1.54) is 0 Å². The zero-order valence-electron chi connectivity index (χ0n) is 20.8. The first-order valence-corrected chi connectivity index (χ1v) is 13.5. The molecule has 0 bridgehead atoms. The van der Waals surface area contributed by atoms with Crippen LogP contribution in [0.5, 0.6) is 5.75 Å². The van der Waals surface area contributed by atoms with Gasteiger partial charge in [-0.25, -0.2) is 14.7 Å². The Kier molecular flexibility index (Phi) is 8.89. The van der Waals surface area contributed by atoms with E-state index in [0.717, 1.165) is 27.6 Å². The quantitative estimate of drug-likeness (QED) is 0.229. The second kappa shape index (κ2) is 12.5. The monoisotopic (exact) mass is 539 g/mol. The van der Waals surface area contributed by atoms with Crippen LogP contribution in [0.2, 0.25) is 0 Å². The second-order valence-electron chi connectivity index (χ2n) is 8.51. The molecule has 0 saturated heterocycles. The Bertz CT molecular complexity index is 1480. The first-order valence-electron chi connectivity index (χ1n) is 12.0. The number of ether oxygens (including phenoxy) is 2. The predicted octanol–water partition coefficient (Wildman–Crippen LogP) is 3.83. The van der Waals surface area contributed by atoms with Gasteiger partial charge < -0.3 is 19.3 Å². The van der Waals surface area contributed by atoms with Gasteiger partial charge >= 0.3 is 6.09 Å². The number of carbonyl (C=O) groups excluding carboxylic acids is 1. The number of alkyl carbamates (subject to hydrolysis) is 1. The topological polar surface area (TPSA) is 159 Å². The third-order valence-corrected chi connectivity index (χ3v) is 6.42. The van der Waals surface area contributed by atoms with Gasteiger partial charge in [0.2, 0.25) is 11.7 Å². The van der Waals surface area contributed by atoms with E-state index in [0.29, 0.717) is 25.1 Å². The Hall–Kier alpha value is -4.00. The van der Waals surface area contributed by atoms with Gasteiger partial charge in [-0.15, -0.1) is 0 Å². The molecule has 0 unspecified atom stereocenters. The third-order valence-electron chi connectivity index (χ3n) is 5.81. The summed E-state index contributed by atoms with van der Waals surface area (Å²) in [5.74, 6) is 1.29. The van der Waals surface area contributed by atoms with Crippen molar-refractivity contribution in [1.82, 2.24) is 20.2 Å². The first kappa shape index (κ1) is 27.0. The number of carbonyl (C=O) groups is 1. The van der Waals surface area contributed by atoms with Crippen molar-refractivity contribution in [2.24, 2.45) is 5.14 Å². The van der Waals surface area contributed by atoms with Crippen molar-refractivity contribution in [3.8, 4) is 17.1 Å². The number of hydrogen-bond acceptors (Lipinski definition) is 8. The highest BCUT2D eigenvalue weighted by Crippen LogP contribution is 2.33. The van der Waals surface area contributed by atoms with Crippen LogP contribution in [-0.2, 0) is 21.6 Å². The van der Waals surface area contributed by atoms with Crippen LogP contribution < -0.4 is 19.9 Å². The van der Waals surface area contributed by atoms with Crippen LogP contribution in [0.3, 0.4) is 0 Å². The average molecular weight is 540 g/mol. The summed E-state index contributed by atoms with van der Waals surface area (Å²) in [4.78, 5) is 17.2. The average Bonchev–Trinajstić information content (AvgIpc) is 3.40. The minimum Gasteiger partial charge on any atom is -0.496 e. The summed E-state index contributed by atoms with van der Waals surface area (Å²) in [6.07, 6.45) is 0.779. The smallest absolute Gasteiger partial charge is 0.408 e. The molecule has 0 aliphatic heterocycles. The molecule has 12 heteroatoms. The van der Waals surface area contributed by atoms with Gasteiger partial charge in [0, 0.05) is 17.5 Å². The van der Waals surface area contributed by atoms with E-state index in [4.69, 9.17) is 19.1 Å². The molecule has 0 spiro atoms. The molecule has 1 aromatic heterocycles. The molecular formula is C26H29N5O6S. The van der Waals surface area contributed by atoms with E-state index < -0.39 is 22.3 Å². The van der Waals surface area contributed by atoms with E-state index >= 15 is 0 Å². The molecule has 0 fully saturated rings. The fraction of sp³-hybridized carbons (Fsp3) is 0.269. The Morgan fingerprint density at radius 1 is 1.03 bits per heavy atom. The zero-order valence-corrected chi connectivity index (χ0v) is 21.6. The van der Waals surface area contributed by atoms with Crippen LogP contribution in [-0.4, -0.2) is 38.3 Å². The predicted molar refractivity (Wildman–Crippen MR) is 141 cm³/mol. The van der Waals surface area contributed by atoms with Crippen molar-refractivity contribution in [1.29, 1.82) is 0 Å².